The Morgan fingerprint density at radius 3 is 3.19 bits per heavy atom. The Labute approximate surface area is 124 Å². The summed E-state index contributed by atoms with van der Waals surface area (Å²) in [6.45, 7) is 2.80. The van der Waals surface area contributed by atoms with Gasteiger partial charge in [-0.1, -0.05) is 0 Å². The minimum absolute atomic E-state index is 0.0408. The van der Waals surface area contributed by atoms with Crippen LogP contribution in [-0.2, 0) is 6.42 Å². The largest absolute Gasteiger partial charge is 0.438 e. The molecule has 0 saturated carbocycles. The van der Waals surface area contributed by atoms with Crippen molar-refractivity contribution in [2.24, 2.45) is 0 Å². The van der Waals surface area contributed by atoms with E-state index in [1.807, 2.05) is 24.1 Å². The Balaban J connectivity index is 1.63. The van der Waals surface area contributed by atoms with Crippen LogP contribution in [0.25, 0.3) is 0 Å². The second-order valence-electron chi connectivity index (χ2n) is 5.50. The molecule has 0 aliphatic carbocycles. The normalized spacial score (nSPS) is 18.1. The fraction of sp³-hybridized carbons (Fsp3) is 0.438. The van der Waals surface area contributed by atoms with E-state index in [2.05, 4.69) is 16.0 Å². The van der Waals surface area contributed by atoms with Crippen molar-refractivity contribution in [3.05, 3.63) is 47.9 Å². The average Bonchev–Trinajstić information content (AvgIpc) is 3.16. The van der Waals surface area contributed by atoms with E-state index in [-0.39, 0.29) is 11.9 Å². The van der Waals surface area contributed by atoms with Crippen LogP contribution in [-0.4, -0.2) is 33.4 Å². The van der Waals surface area contributed by atoms with Gasteiger partial charge in [0, 0.05) is 24.5 Å². The molecule has 110 valence electrons. The molecule has 2 aromatic rings. The van der Waals surface area contributed by atoms with E-state index >= 15 is 0 Å². The highest BCUT2D eigenvalue weighted by molar-refractivity contribution is 5.91. The van der Waals surface area contributed by atoms with Crippen LogP contribution in [0.2, 0.25) is 0 Å². The number of hydrogen-bond acceptors (Lipinski definition) is 4. The Morgan fingerprint density at radius 2 is 2.43 bits per heavy atom. The molecule has 1 aliphatic rings. The first-order chi connectivity index (χ1) is 10.2. The Morgan fingerprint density at radius 1 is 1.52 bits per heavy atom. The molecule has 0 N–H and O–H groups in total. The molecule has 1 saturated heterocycles. The van der Waals surface area contributed by atoms with E-state index in [4.69, 9.17) is 4.42 Å². The number of amides is 1. The van der Waals surface area contributed by atoms with Crippen LogP contribution in [0.4, 0.5) is 0 Å². The van der Waals surface area contributed by atoms with Crippen LogP contribution in [0, 0.1) is 6.92 Å². The summed E-state index contributed by atoms with van der Waals surface area (Å²) in [5.74, 6) is 0.294. The smallest absolute Gasteiger partial charge is 0.291 e. The van der Waals surface area contributed by atoms with Gasteiger partial charge >= 0.3 is 0 Å². The van der Waals surface area contributed by atoms with Gasteiger partial charge < -0.3 is 9.32 Å². The molecular weight excluding hydrogens is 266 g/mol. The Kier molecular flexibility index (Phi) is 3.99. The lowest BCUT2D eigenvalue weighted by Gasteiger charge is -2.23. The molecule has 0 bridgehead atoms. The average molecular weight is 285 g/mol. The molecule has 3 rings (SSSR count). The zero-order valence-electron chi connectivity index (χ0n) is 12.2. The summed E-state index contributed by atoms with van der Waals surface area (Å²) >= 11 is 0. The van der Waals surface area contributed by atoms with Crippen LogP contribution < -0.4 is 0 Å². The molecule has 21 heavy (non-hydrogen) atoms. The third kappa shape index (κ3) is 3.12. The van der Waals surface area contributed by atoms with Gasteiger partial charge in [-0.3, -0.25) is 9.78 Å². The molecule has 5 nitrogen and oxygen atoms in total. The Hall–Kier alpha value is -2.17. The number of hydrogen-bond donors (Lipinski definition) is 0. The van der Waals surface area contributed by atoms with E-state index in [0.717, 1.165) is 37.9 Å². The molecule has 2 aromatic heterocycles. The second-order valence-corrected chi connectivity index (χ2v) is 5.50. The van der Waals surface area contributed by atoms with Crippen molar-refractivity contribution in [1.82, 2.24) is 14.9 Å². The third-order valence-corrected chi connectivity index (χ3v) is 4.01. The van der Waals surface area contributed by atoms with Gasteiger partial charge in [-0.05, 0) is 50.3 Å². The highest BCUT2D eigenvalue weighted by atomic mass is 16.3. The highest BCUT2D eigenvalue weighted by Gasteiger charge is 2.30. The van der Waals surface area contributed by atoms with E-state index in [0.29, 0.717) is 5.76 Å². The lowest BCUT2D eigenvalue weighted by Crippen LogP contribution is -2.35. The Bertz CT molecular complexity index is 610. The van der Waals surface area contributed by atoms with Crippen molar-refractivity contribution < 1.29 is 9.21 Å². The number of oxazole rings is 1. The molecule has 1 amide bonds. The summed E-state index contributed by atoms with van der Waals surface area (Å²) in [6.07, 6.45) is 8.69. The molecule has 0 radical (unpaired) electrons. The van der Waals surface area contributed by atoms with Crippen LogP contribution in [0.15, 0.2) is 35.3 Å². The number of carbonyl (C=O) groups excluding carboxylic acids is 1. The minimum atomic E-state index is -0.0408. The number of nitrogens with zero attached hydrogens (tertiary/aromatic N) is 3. The zero-order chi connectivity index (χ0) is 14.7. The topological polar surface area (TPSA) is 59.2 Å². The van der Waals surface area contributed by atoms with Crippen molar-refractivity contribution in [1.29, 1.82) is 0 Å². The number of likely N-dealkylation sites (tertiary alicyclic amines) is 1. The number of pyridine rings is 1. The third-order valence-electron chi connectivity index (χ3n) is 4.01. The first-order valence-corrected chi connectivity index (χ1v) is 7.35. The summed E-state index contributed by atoms with van der Waals surface area (Å²) in [5, 5.41) is 0. The molecule has 1 aliphatic heterocycles. The molecule has 1 atom stereocenters. The standard InChI is InChI=1S/C16H19N3O2/c1-12-9-13(6-7-18-12)4-5-14-3-2-8-19(14)16(20)15-10-17-11-21-15/h6-7,9-11,14H,2-5,8H2,1H3/t14-/m1/s1. The minimum Gasteiger partial charge on any atom is -0.438 e. The summed E-state index contributed by atoms with van der Waals surface area (Å²) in [6, 6.07) is 4.44. The van der Waals surface area contributed by atoms with Crippen LogP contribution >= 0.6 is 0 Å². The van der Waals surface area contributed by atoms with E-state index in [1.165, 1.54) is 18.2 Å². The van der Waals surface area contributed by atoms with Crippen LogP contribution in [0.1, 0.15) is 41.1 Å². The second kappa shape index (κ2) is 6.08. The van der Waals surface area contributed by atoms with Crippen molar-refractivity contribution >= 4 is 5.91 Å². The molecule has 0 spiro atoms. The van der Waals surface area contributed by atoms with Gasteiger partial charge in [0.05, 0.1) is 6.20 Å². The summed E-state index contributed by atoms with van der Waals surface area (Å²) in [4.78, 5) is 22.3. The molecule has 5 heteroatoms. The highest BCUT2D eigenvalue weighted by Crippen LogP contribution is 2.24. The number of aryl methyl sites for hydroxylation is 2. The molecule has 1 fully saturated rings. The zero-order valence-corrected chi connectivity index (χ0v) is 12.2. The molecule has 0 unspecified atom stereocenters. The van der Waals surface area contributed by atoms with Crippen molar-refractivity contribution in [3.63, 3.8) is 0 Å². The van der Waals surface area contributed by atoms with Crippen molar-refractivity contribution in [2.75, 3.05) is 6.54 Å². The number of rotatable bonds is 4. The number of carbonyl (C=O) groups is 1. The SMILES string of the molecule is Cc1cc(CC[C@H]2CCCN2C(=O)c2cnco2)ccn1. The van der Waals surface area contributed by atoms with Crippen molar-refractivity contribution in [2.45, 2.75) is 38.6 Å². The van der Waals surface area contributed by atoms with Gasteiger partial charge in [0.15, 0.2) is 6.39 Å². The first-order valence-electron chi connectivity index (χ1n) is 7.35. The van der Waals surface area contributed by atoms with E-state index in [1.54, 1.807) is 0 Å². The van der Waals surface area contributed by atoms with Gasteiger partial charge in [0.2, 0.25) is 5.76 Å². The van der Waals surface area contributed by atoms with Gasteiger partial charge in [0.25, 0.3) is 5.91 Å². The van der Waals surface area contributed by atoms with Crippen molar-refractivity contribution in [3.8, 4) is 0 Å². The monoisotopic (exact) mass is 285 g/mol. The maximum Gasteiger partial charge on any atom is 0.291 e. The summed E-state index contributed by atoms with van der Waals surface area (Å²) < 4.78 is 5.12. The van der Waals surface area contributed by atoms with Crippen LogP contribution in [0.3, 0.4) is 0 Å². The maximum atomic E-state index is 12.4. The molecule has 3 heterocycles. The predicted molar refractivity (Wildman–Crippen MR) is 77.9 cm³/mol. The predicted octanol–water partition coefficient (Wildman–Crippen LogP) is 2.62. The summed E-state index contributed by atoms with van der Waals surface area (Å²) in [7, 11) is 0. The van der Waals surface area contributed by atoms with E-state index in [9.17, 15) is 4.79 Å². The van der Waals surface area contributed by atoms with Gasteiger partial charge in [-0.2, -0.15) is 0 Å². The quantitative estimate of drug-likeness (QED) is 0.866. The first kappa shape index (κ1) is 13.8. The van der Waals surface area contributed by atoms with Gasteiger partial charge in [0.1, 0.15) is 0 Å². The van der Waals surface area contributed by atoms with Crippen LogP contribution in [0.5, 0.6) is 0 Å². The lowest BCUT2D eigenvalue weighted by atomic mass is 10.0. The van der Waals surface area contributed by atoms with Gasteiger partial charge in [-0.25, -0.2) is 4.98 Å². The van der Waals surface area contributed by atoms with E-state index < -0.39 is 0 Å². The fourth-order valence-corrected chi connectivity index (χ4v) is 2.96. The van der Waals surface area contributed by atoms with Gasteiger partial charge in [-0.15, -0.1) is 0 Å². The summed E-state index contributed by atoms with van der Waals surface area (Å²) in [5.41, 5.74) is 2.31. The number of aromatic nitrogens is 2. The fourth-order valence-electron chi connectivity index (χ4n) is 2.96. The lowest BCUT2D eigenvalue weighted by molar-refractivity contribution is 0.0698. The molecular formula is C16H19N3O2. The molecule has 0 aromatic carbocycles. The maximum absolute atomic E-state index is 12.4.